The monoisotopic (exact) mass is 557 g/mol. The average Bonchev–Trinajstić information content (AvgIpc) is 2.89. The van der Waals surface area contributed by atoms with E-state index in [9.17, 15) is 9.59 Å². The van der Waals surface area contributed by atoms with E-state index in [-0.39, 0.29) is 10.9 Å². The van der Waals surface area contributed by atoms with E-state index in [2.05, 4.69) is 15.8 Å². The molecule has 0 saturated heterocycles. The van der Waals surface area contributed by atoms with Crippen molar-refractivity contribution in [2.45, 2.75) is 27.7 Å². The van der Waals surface area contributed by atoms with Gasteiger partial charge in [0.1, 0.15) is 0 Å². The summed E-state index contributed by atoms with van der Waals surface area (Å²) in [6.07, 6.45) is 0. The second-order valence-corrected chi connectivity index (χ2v) is 8.74. The highest BCUT2D eigenvalue weighted by atomic mass is 35.5. The third-order valence-electron chi connectivity index (χ3n) is 5.21. The summed E-state index contributed by atoms with van der Waals surface area (Å²) in [4.78, 5) is 25.6. The Hall–Kier alpha value is -3.75. The molecule has 0 aliphatic rings. The van der Waals surface area contributed by atoms with Gasteiger partial charge < -0.3 is 19.5 Å². The van der Waals surface area contributed by atoms with Crippen LogP contribution in [0.4, 0.5) is 5.69 Å². The molecule has 0 heterocycles. The molecule has 200 valence electrons. The molecule has 2 N–H and O–H groups in total. The van der Waals surface area contributed by atoms with Gasteiger partial charge in [0.2, 0.25) is 5.75 Å². The number of carbonyl (C=O) groups is 2. The molecular weight excluding hydrogens is 529 g/mol. The Morgan fingerprint density at radius 3 is 2.08 bits per heavy atom. The zero-order valence-corrected chi connectivity index (χ0v) is 23.1. The number of nitrogens with one attached hydrogen (secondary N) is 2. The van der Waals surface area contributed by atoms with Crippen LogP contribution in [0.3, 0.4) is 0 Å². The predicted octanol–water partition coefficient (Wildman–Crippen LogP) is 6.60. The van der Waals surface area contributed by atoms with Crippen LogP contribution in [0.15, 0.2) is 59.7 Å². The van der Waals surface area contributed by atoms with Gasteiger partial charge >= 0.3 is 0 Å². The van der Waals surface area contributed by atoms with Gasteiger partial charge in [-0.05, 0) is 75.7 Å². The summed E-state index contributed by atoms with van der Waals surface area (Å²) in [5.74, 6) is 0.450. The Kier molecular flexibility index (Phi) is 10.4. The van der Waals surface area contributed by atoms with E-state index in [0.29, 0.717) is 70.2 Å². The standard InChI is InChI=1S/C28H29Cl2N3O5/c1-5-36-24-14-19(15-25(37-6-2)26(24)38-7-3)27(34)33-32-17(4)18-9-8-10-21(13-18)31-28(35)22-12-11-20(29)16-23(22)30/h8-16H,5-7H2,1-4H3,(H,31,35)(H,33,34). The van der Waals surface area contributed by atoms with Crippen molar-refractivity contribution in [3.05, 3.63) is 81.3 Å². The van der Waals surface area contributed by atoms with Crippen molar-refractivity contribution < 1.29 is 23.8 Å². The number of hydrogen-bond acceptors (Lipinski definition) is 6. The quantitative estimate of drug-likeness (QED) is 0.204. The minimum atomic E-state index is -0.448. The summed E-state index contributed by atoms with van der Waals surface area (Å²) >= 11 is 12.1. The summed E-state index contributed by atoms with van der Waals surface area (Å²) in [6.45, 7) is 8.50. The number of anilines is 1. The molecule has 0 radical (unpaired) electrons. The molecule has 38 heavy (non-hydrogen) atoms. The Morgan fingerprint density at radius 2 is 1.47 bits per heavy atom. The van der Waals surface area contributed by atoms with Crippen LogP contribution in [-0.2, 0) is 0 Å². The Bertz CT molecular complexity index is 1320. The van der Waals surface area contributed by atoms with Crippen molar-refractivity contribution in [3.8, 4) is 17.2 Å². The van der Waals surface area contributed by atoms with Gasteiger partial charge in [-0.2, -0.15) is 5.10 Å². The Balaban J connectivity index is 1.77. The van der Waals surface area contributed by atoms with E-state index >= 15 is 0 Å². The first-order valence-electron chi connectivity index (χ1n) is 12.0. The minimum absolute atomic E-state index is 0.251. The maximum absolute atomic E-state index is 12.9. The number of ether oxygens (including phenoxy) is 3. The average molecular weight is 558 g/mol. The normalized spacial score (nSPS) is 11.1. The number of amides is 2. The molecule has 0 saturated carbocycles. The maximum atomic E-state index is 12.9. The highest BCUT2D eigenvalue weighted by Gasteiger charge is 2.18. The van der Waals surface area contributed by atoms with E-state index in [4.69, 9.17) is 37.4 Å². The van der Waals surface area contributed by atoms with Crippen LogP contribution in [0.2, 0.25) is 10.0 Å². The minimum Gasteiger partial charge on any atom is -0.490 e. The second-order valence-electron chi connectivity index (χ2n) is 7.90. The first-order chi connectivity index (χ1) is 18.3. The van der Waals surface area contributed by atoms with Crippen molar-refractivity contribution in [2.75, 3.05) is 25.1 Å². The lowest BCUT2D eigenvalue weighted by molar-refractivity contribution is 0.0953. The molecule has 0 fully saturated rings. The van der Waals surface area contributed by atoms with Gasteiger partial charge in [-0.25, -0.2) is 5.43 Å². The molecule has 0 aromatic heterocycles. The highest BCUT2D eigenvalue weighted by Crippen LogP contribution is 2.39. The summed E-state index contributed by atoms with van der Waals surface area (Å²) < 4.78 is 17.1. The molecule has 3 rings (SSSR count). The van der Waals surface area contributed by atoms with Crippen molar-refractivity contribution in [1.82, 2.24) is 5.43 Å². The first-order valence-corrected chi connectivity index (χ1v) is 12.8. The lowest BCUT2D eigenvalue weighted by atomic mass is 10.1. The fourth-order valence-corrected chi connectivity index (χ4v) is 3.97. The fraction of sp³-hybridized carbons (Fsp3) is 0.250. The topological polar surface area (TPSA) is 98.2 Å². The Labute approximate surface area is 231 Å². The number of rotatable bonds is 11. The van der Waals surface area contributed by atoms with E-state index < -0.39 is 5.91 Å². The van der Waals surface area contributed by atoms with Gasteiger partial charge in [-0.3, -0.25) is 9.59 Å². The van der Waals surface area contributed by atoms with Gasteiger partial charge in [-0.1, -0.05) is 35.3 Å². The maximum Gasteiger partial charge on any atom is 0.271 e. The van der Waals surface area contributed by atoms with E-state index in [1.54, 1.807) is 49.4 Å². The number of benzene rings is 3. The van der Waals surface area contributed by atoms with Gasteiger partial charge in [0.25, 0.3) is 11.8 Å². The number of carbonyl (C=O) groups excluding carboxylic acids is 2. The molecule has 0 spiro atoms. The zero-order valence-electron chi connectivity index (χ0n) is 21.6. The largest absolute Gasteiger partial charge is 0.490 e. The predicted molar refractivity (Wildman–Crippen MR) is 150 cm³/mol. The van der Waals surface area contributed by atoms with Gasteiger partial charge in [0, 0.05) is 16.3 Å². The van der Waals surface area contributed by atoms with Crippen LogP contribution in [0.5, 0.6) is 17.2 Å². The highest BCUT2D eigenvalue weighted by molar-refractivity contribution is 6.37. The molecule has 0 unspecified atom stereocenters. The summed E-state index contributed by atoms with van der Waals surface area (Å²) in [5.41, 5.74) is 4.93. The van der Waals surface area contributed by atoms with Crippen LogP contribution in [0.1, 0.15) is 54.0 Å². The lowest BCUT2D eigenvalue weighted by Crippen LogP contribution is -2.20. The van der Waals surface area contributed by atoms with Crippen molar-refractivity contribution in [3.63, 3.8) is 0 Å². The van der Waals surface area contributed by atoms with Crippen molar-refractivity contribution >= 4 is 46.4 Å². The van der Waals surface area contributed by atoms with Gasteiger partial charge in [-0.15, -0.1) is 0 Å². The van der Waals surface area contributed by atoms with Crippen LogP contribution in [0, 0.1) is 0 Å². The molecule has 10 heteroatoms. The molecule has 0 aliphatic carbocycles. The zero-order chi connectivity index (χ0) is 27.7. The number of hydrazone groups is 1. The summed E-state index contributed by atoms with van der Waals surface area (Å²) in [5, 5.41) is 7.74. The van der Waals surface area contributed by atoms with Gasteiger partial charge in [0.05, 0.1) is 36.1 Å². The molecule has 3 aromatic rings. The third-order valence-corrected chi connectivity index (χ3v) is 5.76. The summed E-state index contributed by atoms with van der Waals surface area (Å²) in [6, 6.07) is 14.9. The second kappa shape index (κ2) is 13.7. The van der Waals surface area contributed by atoms with Crippen LogP contribution in [-0.4, -0.2) is 37.3 Å². The van der Waals surface area contributed by atoms with Gasteiger partial charge in [0.15, 0.2) is 11.5 Å². The van der Waals surface area contributed by atoms with Crippen molar-refractivity contribution in [2.24, 2.45) is 5.10 Å². The van der Waals surface area contributed by atoms with E-state index in [0.717, 1.165) is 0 Å². The molecular formula is C28H29Cl2N3O5. The first kappa shape index (κ1) is 28.8. The third kappa shape index (κ3) is 7.40. The Morgan fingerprint density at radius 1 is 0.816 bits per heavy atom. The molecule has 2 amide bonds. The summed E-state index contributed by atoms with van der Waals surface area (Å²) in [7, 11) is 0. The van der Waals surface area contributed by atoms with E-state index in [1.165, 1.54) is 6.07 Å². The number of nitrogens with zero attached hydrogens (tertiary/aromatic N) is 1. The van der Waals surface area contributed by atoms with Crippen LogP contribution < -0.4 is 25.0 Å². The molecule has 8 nitrogen and oxygen atoms in total. The fourth-order valence-electron chi connectivity index (χ4n) is 3.48. The SMILES string of the molecule is CCOc1cc(C(=O)NN=C(C)c2cccc(NC(=O)c3ccc(Cl)cc3Cl)c2)cc(OCC)c1OCC. The molecule has 3 aromatic carbocycles. The van der Waals surface area contributed by atoms with Crippen molar-refractivity contribution in [1.29, 1.82) is 0 Å². The molecule has 0 bridgehead atoms. The lowest BCUT2D eigenvalue weighted by Gasteiger charge is -2.16. The van der Waals surface area contributed by atoms with E-state index in [1.807, 2.05) is 26.8 Å². The molecule has 0 atom stereocenters. The smallest absolute Gasteiger partial charge is 0.271 e. The van der Waals surface area contributed by atoms with Crippen LogP contribution in [0.25, 0.3) is 0 Å². The number of hydrogen-bond donors (Lipinski definition) is 2. The molecule has 0 aliphatic heterocycles. The number of halogens is 2. The van der Waals surface area contributed by atoms with Crippen LogP contribution >= 0.6 is 23.2 Å².